The standard InChI is InChI=1S/C12H17N.C7H8.2C2H6/c1-12(2,13-11-8-9-11)10-6-4-3-5-7-10;1-7-5-3-2-4-6-7;2*1-2/h3-7,11,13H,8-9H2,1-2H3;2-6H,1H3;2*1-2H3. The van der Waals surface area contributed by atoms with Crippen LogP contribution in [0.4, 0.5) is 0 Å². The predicted molar refractivity (Wildman–Crippen MR) is 110 cm³/mol. The monoisotopic (exact) mass is 327 g/mol. The van der Waals surface area contributed by atoms with Crippen LogP contribution in [0.2, 0.25) is 0 Å². The lowest BCUT2D eigenvalue weighted by Crippen LogP contribution is -2.37. The van der Waals surface area contributed by atoms with Crippen LogP contribution in [0.5, 0.6) is 0 Å². The molecule has 0 aromatic heterocycles. The molecule has 0 bridgehead atoms. The van der Waals surface area contributed by atoms with Crippen LogP contribution in [-0.4, -0.2) is 6.04 Å². The second-order valence-electron chi connectivity index (χ2n) is 6.06. The van der Waals surface area contributed by atoms with Gasteiger partial charge in [0, 0.05) is 11.6 Å². The van der Waals surface area contributed by atoms with E-state index in [1.54, 1.807) is 0 Å². The highest BCUT2D eigenvalue weighted by atomic mass is 15.0. The summed E-state index contributed by atoms with van der Waals surface area (Å²) in [6, 6.07) is 21.7. The summed E-state index contributed by atoms with van der Waals surface area (Å²) in [6.45, 7) is 14.6. The second-order valence-corrected chi connectivity index (χ2v) is 6.06. The van der Waals surface area contributed by atoms with Gasteiger partial charge in [0.2, 0.25) is 0 Å². The minimum absolute atomic E-state index is 0.127. The first kappa shape index (κ1) is 22.4. The van der Waals surface area contributed by atoms with Crippen molar-refractivity contribution in [3.63, 3.8) is 0 Å². The molecule has 0 saturated heterocycles. The minimum Gasteiger partial charge on any atom is -0.305 e. The maximum Gasteiger partial charge on any atom is 0.0379 e. The molecule has 0 atom stereocenters. The van der Waals surface area contributed by atoms with Gasteiger partial charge in [-0.15, -0.1) is 0 Å². The molecule has 1 aliphatic carbocycles. The Bertz CT molecular complexity index is 498. The Morgan fingerprint density at radius 3 is 1.50 bits per heavy atom. The van der Waals surface area contributed by atoms with E-state index in [0.717, 1.165) is 6.04 Å². The average molecular weight is 328 g/mol. The zero-order valence-electron chi connectivity index (χ0n) is 16.8. The van der Waals surface area contributed by atoms with Gasteiger partial charge in [-0.1, -0.05) is 93.9 Å². The van der Waals surface area contributed by atoms with Crippen LogP contribution in [0.25, 0.3) is 0 Å². The summed E-state index contributed by atoms with van der Waals surface area (Å²) in [5.41, 5.74) is 2.83. The second kappa shape index (κ2) is 12.8. The highest BCUT2D eigenvalue weighted by Crippen LogP contribution is 2.27. The first-order valence-electron chi connectivity index (χ1n) is 9.43. The van der Waals surface area contributed by atoms with Crippen molar-refractivity contribution < 1.29 is 0 Å². The molecular formula is C23H37N. The molecule has 0 heterocycles. The van der Waals surface area contributed by atoms with Crippen LogP contribution < -0.4 is 5.32 Å². The summed E-state index contributed by atoms with van der Waals surface area (Å²) >= 11 is 0. The number of hydrogen-bond donors (Lipinski definition) is 1. The Morgan fingerprint density at radius 2 is 1.17 bits per heavy atom. The minimum atomic E-state index is 0.127. The molecule has 3 rings (SSSR count). The van der Waals surface area contributed by atoms with Crippen molar-refractivity contribution in [3.8, 4) is 0 Å². The van der Waals surface area contributed by atoms with Gasteiger partial charge in [-0.3, -0.25) is 0 Å². The van der Waals surface area contributed by atoms with Crippen molar-refractivity contribution >= 4 is 0 Å². The van der Waals surface area contributed by atoms with Gasteiger partial charge in [-0.25, -0.2) is 0 Å². The van der Waals surface area contributed by atoms with Crippen molar-refractivity contribution in [1.29, 1.82) is 0 Å². The number of benzene rings is 2. The maximum atomic E-state index is 3.65. The number of nitrogens with one attached hydrogen (secondary N) is 1. The molecule has 2 aromatic rings. The molecule has 0 unspecified atom stereocenters. The predicted octanol–water partition coefficient (Wildman–Crippen LogP) is 6.72. The van der Waals surface area contributed by atoms with Gasteiger partial charge >= 0.3 is 0 Å². The van der Waals surface area contributed by atoms with Gasteiger partial charge in [0.15, 0.2) is 0 Å². The summed E-state index contributed by atoms with van der Waals surface area (Å²) in [5.74, 6) is 0. The zero-order chi connectivity index (χ0) is 18.4. The zero-order valence-corrected chi connectivity index (χ0v) is 16.8. The van der Waals surface area contributed by atoms with Gasteiger partial charge in [-0.2, -0.15) is 0 Å². The molecule has 1 aliphatic rings. The quantitative estimate of drug-likeness (QED) is 0.659. The van der Waals surface area contributed by atoms with Crippen LogP contribution in [-0.2, 0) is 5.54 Å². The molecule has 24 heavy (non-hydrogen) atoms. The van der Waals surface area contributed by atoms with E-state index < -0.39 is 0 Å². The molecule has 134 valence electrons. The van der Waals surface area contributed by atoms with Crippen molar-refractivity contribution in [1.82, 2.24) is 5.32 Å². The molecule has 0 amide bonds. The largest absolute Gasteiger partial charge is 0.305 e. The fourth-order valence-electron chi connectivity index (χ4n) is 2.21. The Hall–Kier alpha value is -1.60. The molecule has 1 heteroatoms. The molecule has 2 aromatic carbocycles. The lowest BCUT2D eigenvalue weighted by molar-refractivity contribution is 0.399. The lowest BCUT2D eigenvalue weighted by atomic mass is 9.94. The Morgan fingerprint density at radius 1 is 0.750 bits per heavy atom. The van der Waals surface area contributed by atoms with E-state index in [1.807, 2.05) is 45.9 Å². The van der Waals surface area contributed by atoms with E-state index in [0.29, 0.717) is 0 Å². The first-order valence-corrected chi connectivity index (χ1v) is 9.43. The summed E-state index contributed by atoms with van der Waals surface area (Å²) in [5, 5.41) is 3.65. The van der Waals surface area contributed by atoms with E-state index in [4.69, 9.17) is 0 Å². The van der Waals surface area contributed by atoms with Gasteiger partial charge < -0.3 is 5.32 Å². The highest BCUT2D eigenvalue weighted by Gasteiger charge is 2.29. The number of rotatable bonds is 3. The van der Waals surface area contributed by atoms with Crippen LogP contribution in [0.3, 0.4) is 0 Å². The summed E-state index contributed by atoms with van der Waals surface area (Å²) in [4.78, 5) is 0. The van der Waals surface area contributed by atoms with E-state index >= 15 is 0 Å². The van der Waals surface area contributed by atoms with E-state index in [9.17, 15) is 0 Å². The van der Waals surface area contributed by atoms with Gasteiger partial charge in [0.05, 0.1) is 0 Å². The van der Waals surface area contributed by atoms with Gasteiger partial charge in [0.1, 0.15) is 0 Å². The van der Waals surface area contributed by atoms with Crippen molar-refractivity contribution in [3.05, 3.63) is 71.8 Å². The highest BCUT2D eigenvalue weighted by molar-refractivity contribution is 5.23. The molecule has 1 saturated carbocycles. The SMILES string of the molecule is CC.CC.CC(C)(NC1CC1)c1ccccc1.Cc1ccccc1. The maximum absolute atomic E-state index is 3.65. The topological polar surface area (TPSA) is 12.0 Å². The van der Waals surface area contributed by atoms with Crippen molar-refractivity contribution in [2.45, 2.75) is 72.9 Å². The molecule has 0 radical (unpaired) electrons. The van der Waals surface area contributed by atoms with Gasteiger partial charge in [0.25, 0.3) is 0 Å². The van der Waals surface area contributed by atoms with E-state index in [1.165, 1.54) is 24.0 Å². The fourth-order valence-corrected chi connectivity index (χ4v) is 2.21. The van der Waals surface area contributed by atoms with Crippen LogP contribution in [0.15, 0.2) is 60.7 Å². The number of hydrogen-bond acceptors (Lipinski definition) is 1. The molecular weight excluding hydrogens is 290 g/mol. The summed E-state index contributed by atoms with van der Waals surface area (Å²) < 4.78 is 0. The Labute approximate surface area is 150 Å². The van der Waals surface area contributed by atoms with Crippen molar-refractivity contribution in [2.75, 3.05) is 0 Å². The Kier molecular flexibility index (Phi) is 11.9. The normalized spacial score (nSPS) is 12.5. The third kappa shape index (κ3) is 9.52. The Balaban J connectivity index is 0.000000408. The number of aryl methyl sites for hydroxylation is 1. The smallest absolute Gasteiger partial charge is 0.0379 e. The third-order valence-corrected chi connectivity index (χ3v) is 3.58. The summed E-state index contributed by atoms with van der Waals surface area (Å²) in [7, 11) is 0. The van der Waals surface area contributed by atoms with Gasteiger partial charge in [-0.05, 0) is 39.2 Å². The first-order chi connectivity index (χ1) is 11.6. The van der Waals surface area contributed by atoms with Crippen LogP contribution in [0.1, 0.15) is 65.5 Å². The third-order valence-electron chi connectivity index (χ3n) is 3.58. The molecule has 0 aliphatic heterocycles. The molecule has 1 fully saturated rings. The molecule has 0 spiro atoms. The van der Waals surface area contributed by atoms with E-state index in [-0.39, 0.29) is 5.54 Å². The fraction of sp³-hybridized carbons (Fsp3) is 0.478. The lowest BCUT2D eigenvalue weighted by Gasteiger charge is -2.27. The van der Waals surface area contributed by atoms with Crippen molar-refractivity contribution in [2.24, 2.45) is 0 Å². The molecule has 1 N–H and O–H groups in total. The van der Waals surface area contributed by atoms with E-state index in [2.05, 4.69) is 68.6 Å². The average Bonchev–Trinajstić information content (AvgIpc) is 3.44. The molecule has 1 nitrogen and oxygen atoms in total. The summed E-state index contributed by atoms with van der Waals surface area (Å²) in [6.07, 6.45) is 2.69. The van der Waals surface area contributed by atoms with Crippen LogP contribution in [0, 0.1) is 6.92 Å². The van der Waals surface area contributed by atoms with Crippen LogP contribution >= 0.6 is 0 Å².